The molecule has 0 saturated heterocycles. The van der Waals surface area contributed by atoms with Crippen LogP contribution in [0.1, 0.15) is 31.9 Å². The topological polar surface area (TPSA) is 67.9 Å². The monoisotopic (exact) mass is 542 g/mol. The molecule has 8 heteroatoms. The first-order valence-electron chi connectivity index (χ1n) is 11.9. The number of amides is 2. The number of carbonyl (C=O) groups excluding carboxylic acids is 2. The standard InChI is InChI=1S/C29H32Cl2N2O4/c1-29(2,3)32-28(35)25(16-20-9-6-5-7-10-20)33(18-21-11-8-12-23(15-21)36-4)27(34)19-37-26-14-13-22(30)17-24(26)31/h5-15,17,25H,16,18-19H2,1-4H3,(H,32,35). The van der Waals surface area contributed by atoms with E-state index in [1.54, 1.807) is 30.2 Å². The van der Waals surface area contributed by atoms with Crippen LogP contribution in [0.15, 0.2) is 72.8 Å². The average Bonchev–Trinajstić information content (AvgIpc) is 2.85. The van der Waals surface area contributed by atoms with E-state index in [0.717, 1.165) is 11.1 Å². The molecular formula is C29H32Cl2N2O4. The maximum Gasteiger partial charge on any atom is 0.261 e. The molecule has 3 aromatic rings. The second-order valence-corrected chi connectivity index (χ2v) is 10.5. The second kappa shape index (κ2) is 12.8. The van der Waals surface area contributed by atoms with E-state index in [1.807, 2.05) is 75.4 Å². The number of hydrogen-bond acceptors (Lipinski definition) is 4. The molecule has 196 valence electrons. The summed E-state index contributed by atoms with van der Waals surface area (Å²) >= 11 is 12.2. The fourth-order valence-corrected chi connectivity index (χ4v) is 4.25. The van der Waals surface area contributed by atoms with Crippen molar-refractivity contribution in [1.29, 1.82) is 0 Å². The highest BCUT2D eigenvalue weighted by molar-refractivity contribution is 6.35. The van der Waals surface area contributed by atoms with Crippen LogP contribution in [0.3, 0.4) is 0 Å². The van der Waals surface area contributed by atoms with Crippen LogP contribution >= 0.6 is 23.2 Å². The van der Waals surface area contributed by atoms with Gasteiger partial charge in [0.1, 0.15) is 17.5 Å². The molecule has 37 heavy (non-hydrogen) atoms. The first-order chi connectivity index (χ1) is 17.6. The molecule has 6 nitrogen and oxygen atoms in total. The summed E-state index contributed by atoms with van der Waals surface area (Å²) in [7, 11) is 1.58. The van der Waals surface area contributed by atoms with Crippen molar-refractivity contribution in [3.05, 3.63) is 94.0 Å². The average molecular weight is 543 g/mol. The van der Waals surface area contributed by atoms with Crippen molar-refractivity contribution in [1.82, 2.24) is 10.2 Å². The zero-order valence-electron chi connectivity index (χ0n) is 21.5. The molecule has 1 atom stereocenters. The molecule has 3 rings (SSSR count). The van der Waals surface area contributed by atoms with Crippen molar-refractivity contribution in [2.75, 3.05) is 13.7 Å². The fourth-order valence-electron chi connectivity index (χ4n) is 3.79. The van der Waals surface area contributed by atoms with Crippen molar-refractivity contribution >= 4 is 35.0 Å². The van der Waals surface area contributed by atoms with E-state index in [4.69, 9.17) is 32.7 Å². The minimum Gasteiger partial charge on any atom is -0.497 e. The summed E-state index contributed by atoms with van der Waals surface area (Å²) < 4.78 is 11.1. The highest BCUT2D eigenvalue weighted by Crippen LogP contribution is 2.28. The molecular weight excluding hydrogens is 511 g/mol. The zero-order chi connectivity index (χ0) is 27.0. The van der Waals surface area contributed by atoms with Gasteiger partial charge in [0.15, 0.2) is 6.61 Å². The van der Waals surface area contributed by atoms with Gasteiger partial charge in [0, 0.05) is 23.5 Å². The summed E-state index contributed by atoms with van der Waals surface area (Å²) in [4.78, 5) is 28.8. The lowest BCUT2D eigenvalue weighted by molar-refractivity contribution is -0.143. The molecule has 1 N–H and O–H groups in total. The third-order valence-corrected chi connectivity index (χ3v) is 6.03. The lowest BCUT2D eigenvalue weighted by Gasteiger charge is -2.33. The first-order valence-corrected chi connectivity index (χ1v) is 12.7. The SMILES string of the molecule is COc1cccc(CN(C(=O)COc2ccc(Cl)cc2Cl)C(Cc2ccccc2)C(=O)NC(C)(C)C)c1. The Morgan fingerprint density at radius 2 is 1.65 bits per heavy atom. The molecule has 0 aliphatic carbocycles. The van der Waals surface area contributed by atoms with E-state index in [2.05, 4.69) is 5.32 Å². The van der Waals surface area contributed by atoms with Gasteiger partial charge < -0.3 is 19.7 Å². The number of ether oxygens (including phenoxy) is 2. The summed E-state index contributed by atoms with van der Waals surface area (Å²) in [5, 5.41) is 3.80. The summed E-state index contributed by atoms with van der Waals surface area (Å²) in [6.07, 6.45) is 0.333. The Bertz CT molecular complexity index is 1210. The van der Waals surface area contributed by atoms with Crippen LogP contribution < -0.4 is 14.8 Å². The third-order valence-electron chi connectivity index (χ3n) is 5.50. The number of benzene rings is 3. The number of halogens is 2. The van der Waals surface area contributed by atoms with Gasteiger partial charge in [0.2, 0.25) is 5.91 Å². The van der Waals surface area contributed by atoms with Crippen molar-refractivity contribution < 1.29 is 19.1 Å². The third kappa shape index (κ3) is 8.69. The summed E-state index contributed by atoms with van der Waals surface area (Å²) in [5.41, 5.74) is 1.27. The van der Waals surface area contributed by atoms with Crippen LogP contribution in [0.4, 0.5) is 0 Å². The Labute approximate surface area is 228 Å². The summed E-state index contributed by atoms with van der Waals surface area (Å²) in [5.74, 6) is 0.378. The van der Waals surface area contributed by atoms with Crippen LogP contribution in [0.5, 0.6) is 11.5 Å². The van der Waals surface area contributed by atoms with Crippen molar-refractivity contribution in [2.45, 2.75) is 45.3 Å². The smallest absolute Gasteiger partial charge is 0.261 e. The van der Waals surface area contributed by atoms with E-state index in [-0.39, 0.29) is 25.0 Å². The molecule has 0 radical (unpaired) electrons. The van der Waals surface area contributed by atoms with E-state index >= 15 is 0 Å². The van der Waals surface area contributed by atoms with Gasteiger partial charge in [0.05, 0.1) is 12.1 Å². The molecule has 0 saturated carbocycles. The predicted octanol–water partition coefficient (Wildman–Crippen LogP) is 5.94. The van der Waals surface area contributed by atoms with Crippen LogP contribution in [-0.4, -0.2) is 42.0 Å². The summed E-state index contributed by atoms with van der Waals surface area (Å²) in [6, 6.07) is 21.0. The van der Waals surface area contributed by atoms with Gasteiger partial charge in [-0.25, -0.2) is 0 Å². The predicted molar refractivity (Wildman–Crippen MR) is 147 cm³/mol. The maximum absolute atomic E-state index is 13.7. The van der Waals surface area contributed by atoms with E-state index in [1.165, 1.54) is 0 Å². The number of hydrogen-bond donors (Lipinski definition) is 1. The molecule has 2 amide bonds. The van der Waals surface area contributed by atoms with Crippen molar-refractivity contribution in [2.24, 2.45) is 0 Å². The van der Waals surface area contributed by atoms with Gasteiger partial charge in [-0.05, 0) is 62.2 Å². The minimum absolute atomic E-state index is 0.183. The number of nitrogens with one attached hydrogen (secondary N) is 1. The van der Waals surface area contributed by atoms with Crippen LogP contribution in [-0.2, 0) is 22.6 Å². The van der Waals surface area contributed by atoms with Gasteiger partial charge >= 0.3 is 0 Å². The van der Waals surface area contributed by atoms with Gasteiger partial charge in [-0.3, -0.25) is 9.59 Å². The number of rotatable bonds is 10. The molecule has 1 unspecified atom stereocenters. The molecule has 0 heterocycles. The Morgan fingerprint density at radius 3 is 2.30 bits per heavy atom. The largest absolute Gasteiger partial charge is 0.497 e. The highest BCUT2D eigenvalue weighted by atomic mass is 35.5. The first kappa shape index (κ1) is 28.4. The molecule has 0 bridgehead atoms. The lowest BCUT2D eigenvalue weighted by atomic mass is 10.0. The molecule has 0 aromatic heterocycles. The Kier molecular flexibility index (Phi) is 9.84. The van der Waals surface area contributed by atoms with Crippen molar-refractivity contribution in [3.8, 4) is 11.5 Å². The van der Waals surface area contributed by atoms with E-state index in [0.29, 0.717) is 28.0 Å². The van der Waals surface area contributed by atoms with Gasteiger partial charge in [-0.15, -0.1) is 0 Å². The van der Waals surface area contributed by atoms with Crippen LogP contribution in [0.25, 0.3) is 0 Å². The molecule has 3 aromatic carbocycles. The quantitative estimate of drug-likeness (QED) is 0.344. The maximum atomic E-state index is 13.7. The Hall–Kier alpha value is -3.22. The molecule has 0 spiro atoms. The number of methoxy groups -OCH3 is 1. The number of nitrogens with zero attached hydrogens (tertiary/aromatic N) is 1. The Morgan fingerprint density at radius 1 is 0.946 bits per heavy atom. The molecule has 0 aliphatic heterocycles. The molecule has 0 aliphatic rings. The van der Waals surface area contributed by atoms with Gasteiger partial charge in [-0.2, -0.15) is 0 Å². The summed E-state index contributed by atoms with van der Waals surface area (Å²) in [6.45, 7) is 5.60. The zero-order valence-corrected chi connectivity index (χ0v) is 23.0. The minimum atomic E-state index is -0.787. The lowest BCUT2D eigenvalue weighted by Crippen LogP contribution is -2.55. The normalized spacial score (nSPS) is 11.9. The van der Waals surface area contributed by atoms with Gasteiger partial charge in [0.25, 0.3) is 5.91 Å². The fraction of sp³-hybridized carbons (Fsp3) is 0.310. The van der Waals surface area contributed by atoms with E-state index in [9.17, 15) is 9.59 Å². The van der Waals surface area contributed by atoms with Crippen molar-refractivity contribution in [3.63, 3.8) is 0 Å². The van der Waals surface area contributed by atoms with Gasteiger partial charge in [-0.1, -0.05) is 65.7 Å². The molecule has 0 fully saturated rings. The number of carbonyl (C=O) groups is 2. The van der Waals surface area contributed by atoms with Crippen LogP contribution in [0.2, 0.25) is 10.0 Å². The van der Waals surface area contributed by atoms with Crippen LogP contribution in [0, 0.1) is 0 Å². The van der Waals surface area contributed by atoms with E-state index < -0.39 is 11.6 Å². The second-order valence-electron chi connectivity index (χ2n) is 9.68. The Balaban J connectivity index is 1.95. The highest BCUT2D eigenvalue weighted by Gasteiger charge is 2.32.